The molecule has 0 aliphatic heterocycles. The summed E-state index contributed by atoms with van der Waals surface area (Å²) in [5.74, 6) is -0.182. The smallest absolute Gasteiger partial charge is 0.308 e. The fraction of sp³-hybridized carbons (Fsp3) is 0.0588. The Balaban J connectivity index is 2.16. The van der Waals surface area contributed by atoms with E-state index in [1.165, 1.54) is 6.92 Å². The first-order chi connectivity index (χ1) is 10.6. The highest BCUT2D eigenvalue weighted by Crippen LogP contribution is 2.42. The topological polar surface area (TPSA) is 59.4 Å². The second-order valence-electron chi connectivity index (χ2n) is 4.70. The Kier molecular flexibility index (Phi) is 3.89. The summed E-state index contributed by atoms with van der Waals surface area (Å²) in [6.45, 7) is 1.37. The van der Waals surface area contributed by atoms with E-state index in [-0.39, 0.29) is 11.7 Å². The van der Waals surface area contributed by atoms with Crippen LogP contribution in [0.25, 0.3) is 22.4 Å². The second-order valence-corrected chi connectivity index (χ2v) is 5.44. The maximum absolute atomic E-state index is 11.3. The Hall–Kier alpha value is -2.66. The van der Waals surface area contributed by atoms with Gasteiger partial charge in [0.1, 0.15) is 5.75 Å². The van der Waals surface area contributed by atoms with Crippen molar-refractivity contribution >= 4 is 17.5 Å². The van der Waals surface area contributed by atoms with E-state index in [0.717, 1.165) is 33.9 Å². The molecule has 3 aromatic rings. The van der Waals surface area contributed by atoms with Crippen molar-refractivity contribution in [3.63, 3.8) is 0 Å². The maximum atomic E-state index is 11.3. The minimum atomic E-state index is -0.377. The Morgan fingerprint density at radius 2 is 1.73 bits per heavy atom. The van der Waals surface area contributed by atoms with Crippen molar-refractivity contribution in [3.8, 4) is 33.2 Å². The van der Waals surface area contributed by atoms with Gasteiger partial charge in [-0.1, -0.05) is 30.3 Å². The first kappa shape index (κ1) is 14.3. The van der Waals surface area contributed by atoms with Crippen molar-refractivity contribution in [1.82, 2.24) is 4.37 Å². The van der Waals surface area contributed by atoms with Gasteiger partial charge in [0.2, 0.25) is 5.06 Å². The summed E-state index contributed by atoms with van der Waals surface area (Å²) < 4.78 is 9.72. The molecular weight excluding hydrogens is 298 g/mol. The number of benzene rings is 2. The number of hydrogen-bond acceptors (Lipinski definition) is 5. The Bertz CT molecular complexity index is 795. The summed E-state index contributed by atoms with van der Waals surface area (Å²) in [6, 6.07) is 16.4. The van der Waals surface area contributed by atoms with Gasteiger partial charge in [-0.15, -0.1) is 0 Å². The van der Waals surface area contributed by atoms with Crippen LogP contribution in [0.3, 0.4) is 0 Å². The van der Waals surface area contributed by atoms with Crippen LogP contribution in [0.1, 0.15) is 6.92 Å². The number of phenolic OH excluding ortho intramolecular Hbond substituents is 1. The number of nitrogens with zero attached hydrogens (tertiary/aromatic N) is 1. The Morgan fingerprint density at radius 3 is 2.36 bits per heavy atom. The molecule has 4 nitrogen and oxygen atoms in total. The predicted molar refractivity (Wildman–Crippen MR) is 86.0 cm³/mol. The lowest BCUT2D eigenvalue weighted by Gasteiger charge is -2.06. The number of phenols is 1. The number of aromatic hydroxyl groups is 1. The van der Waals surface area contributed by atoms with Crippen LogP contribution in [0, 0.1) is 0 Å². The van der Waals surface area contributed by atoms with Crippen LogP contribution in [0.15, 0.2) is 54.6 Å². The number of esters is 1. The zero-order chi connectivity index (χ0) is 15.5. The van der Waals surface area contributed by atoms with Gasteiger partial charge in [0.05, 0.1) is 11.3 Å². The van der Waals surface area contributed by atoms with Gasteiger partial charge in [0.15, 0.2) is 0 Å². The molecule has 5 heteroatoms. The molecule has 22 heavy (non-hydrogen) atoms. The zero-order valence-electron chi connectivity index (χ0n) is 11.8. The molecule has 2 aromatic carbocycles. The van der Waals surface area contributed by atoms with E-state index in [9.17, 15) is 9.90 Å². The molecular formula is C17H13NO3S. The molecule has 110 valence electrons. The van der Waals surface area contributed by atoms with Gasteiger partial charge in [-0.25, -0.2) is 0 Å². The third-order valence-electron chi connectivity index (χ3n) is 3.10. The summed E-state index contributed by atoms with van der Waals surface area (Å²) in [6.07, 6.45) is 0. The van der Waals surface area contributed by atoms with Gasteiger partial charge in [0.25, 0.3) is 0 Å². The van der Waals surface area contributed by atoms with E-state index in [1.807, 2.05) is 30.3 Å². The molecule has 0 unspecified atom stereocenters. The average Bonchev–Trinajstić information content (AvgIpc) is 2.91. The predicted octanol–water partition coefficient (Wildman–Crippen LogP) is 4.11. The largest absolute Gasteiger partial charge is 0.508 e. The van der Waals surface area contributed by atoms with Crippen LogP contribution >= 0.6 is 11.5 Å². The monoisotopic (exact) mass is 311 g/mol. The molecule has 0 atom stereocenters. The minimum absolute atomic E-state index is 0.195. The van der Waals surface area contributed by atoms with E-state index in [0.29, 0.717) is 5.06 Å². The van der Waals surface area contributed by atoms with Crippen molar-refractivity contribution in [1.29, 1.82) is 0 Å². The second kappa shape index (κ2) is 5.99. The summed E-state index contributed by atoms with van der Waals surface area (Å²) in [7, 11) is 0. The molecule has 0 spiro atoms. The number of rotatable bonds is 3. The molecule has 3 rings (SSSR count). The molecule has 1 N–H and O–H groups in total. The Morgan fingerprint density at radius 1 is 1.05 bits per heavy atom. The molecule has 0 radical (unpaired) electrons. The van der Waals surface area contributed by atoms with Gasteiger partial charge < -0.3 is 9.84 Å². The Labute approximate surface area is 131 Å². The SMILES string of the molecule is CC(=O)Oc1snc(-c2ccc(O)cc2)c1-c1ccccc1. The third-order valence-corrected chi connectivity index (χ3v) is 3.83. The first-order valence-electron chi connectivity index (χ1n) is 6.68. The zero-order valence-corrected chi connectivity index (χ0v) is 12.6. The summed E-state index contributed by atoms with van der Waals surface area (Å²) >= 11 is 1.14. The minimum Gasteiger partial charge on any atom is -0.508 e. The number of carbonyl (C=O) groups excluding carboxylic acids is 1. The maximum Gasteiger partial charge on any atom is 0.308 e. The lowest BCUT2D eigenvalue weighted by molar-refractivity contribution is -0.131. The van der Waals surface area contributed by atoms with Crippen LogP contribution in [0.4, 0.5) is 0 Å². The average molecular weight is 311 g/mol. The molecule has 0 aliphatic carbocycles. The molecule has 0 aliphatic rings. The van der Waals surface area contributed by atoms with Crippen LogP contribution < -0.4 is 4.74 Å². The van der Waals surface area contributed by atoms with Crippen molar-refractivity contribution in [3.05, 3.63) is 54.6 Å². The fourth-order valence-corrected chi connectivity index (χ4v) is 2.98. The third kappa shape index (κ3) is 2.84. The number of carbonyl (C=O) groups is 1. The van der Waals surface area contributed by atoms with E-state index in [4.69, 9.17) is 4.74 Å². The summed E-state index contributed by atoms with van der Waals surface area (Å²) in [5.41, 5.74) is 3.29. The van der Waals surface area contributed by atoms with Gasteiger partial charge in [0, 0.05) is 24.0 Å². The van der Waals surface area contributed by atoms with Gasteiger partial charge >= 0.3 is 5.97 Å². The normalized spacial score (nSPS) is 10.4. The van der Waals surface area contributed by atoms with E-state index >= 15 is 0 Å². The molecule has 0 bridgehead atoms. The molecule has 1 heterocycles. The van der Waals surface area contributed by atoms with Crippen molar-refractivity contribution in [2.24, 2.45) is 0 Å². The standard InChI is InChI=1S/C17H13NO3S/c1-11(19)21-17-15(12-5-3-2-4-6-12)16(18-22-17)13-7-9-14(20)10-8-13/h2-10,20H,1H3. The molecule has 0 saturated carbocycles. The van der Waals surface area contributed by atoms with Crippen molar-refractivity contribution < 1.29 is 14.6 Å². The summed E-state index contributed by atoms with van der Waals surface area (Å²) in [4.78, 5) is 11.3. The number of ether oxygens (including phenoxy) is 1. The fourth-order valence-electron chi connectivity index (χ4n) is 2.15. The quantitative estimate of drug-likeness (QED) is 0.740. The highest BCUT2D eigenvalue weighted by Gasteiger charge is 2.19. The molecule has 1 aromatic heterocycles. The van der Waals surface area contributed by atoms with Gasteiger partial charge in [-0.3, -0.25) is 4.79 Å². The molecule has 0 amide bonds. The van der Waals surface area contributed by atoms with Crippen LogP contribution in [0.2, 0.25) is 0 Å². The lowest BCUT2D eigenvalue weighted by Crippen LogP contribution is -2.00. The van der Waals surface area contributed by atoms with Crippen LogP contribution in [-0.2, 0) is 4.79 Å². The highest BCUT2D eigenvalue weighted by atomic mass is 32.1. The number of hydrogen-bond donors (Lipinski definition) is 1. The van der Waals surface area contributed by atoms with Crippen LogP contribution in [-0.4, -0.2) is 15.4 Å². The lowest BCUT2D eigenvalue weighted by atomic mass is 10.0. The highest BCUT2D eigenvalue weighted by molar-refractivity contribution is 7.08. The summed E-state index contributed by atoms with van der Waals surface area (Å²) in [5, 5.41) is 9.90. The van der Waals surface area contributed by atoms with E-state index in [1.54, 1.807) is 24.3 Å². The molecule has 0 fully saturated rings. The number of aromatic nitrogens is 1. The van der Waals surface area contributed by atoms with Crippen LogP contribution in [0.5, 0.6) is 10.8 Å². The van der Waals surface area contributed by atoms with Gasteiger partial charge in [-0.05, 0) is 29.8 Å². The van der Waals surface area contributed by atoms with E-state index in [2.05, 4.69) is 4.37 Å². The van der Waals surface area contributed by atoms with E-state index < -0.39 is 0 Å². The molecule has 0 saturated heterocycles. The van der Waals surface area contributed by atoms with Crippen molar-refractivity contribution in [2.75, 3.05) is 0 Å². The first-order valence-corrected chi connectivity index (χ1v) is 7.45. The van der Waals surface area contributed by atoms with Crippen molar-refractivity contribution in [2.45, 2.75) is 6.92 Å². The van der Waals surface area contributed by atoms with Gasteiger partial charge in [-0.2, -0.15) is 4.37 Å².